The summed E-state index contributed by atoms with van der Waals surface area (Å²) in [5, 5.41) is 2.97. The van der Waals surface area contributed by atoms with Crippen molar-refractivity contribution >= 4 is 27.5 Å². The molecule has 5 heteroatoms. The SMILES string of the molecule is CC1(C)CNC(=O)C(CCN)N1c1ccc(Br)cc1. The summed E-state index contributed by atoms with van der Waals surface area (Å²) in [7, 11) is 0. The van der Waals surface area contributed by atoms with Gasteiger partial charge in [0.05, 0.1) is 5.54 Å². The van der Waals surface area contributed by atoms with E-state index in [9.17, 15) is 4.79 Å². The number of amides is 1. The Balaban J connectivity index is 2.39. The minimum Gasteiger partial charge on any atom is -0.353 e. The number of anilines is 1. The van der Waals surface area contributed by atoms with Crippen molar-refractivity contribution in [3.05, 3.63) is 28.7 Å². The first-order valence-electron chi connectivity index (χ1n) is 6.48. The molecule has 1 atom stereocenters. The predicted molar refractivity (Wildman–Crippen MR) is 81.2 cm³/mol. The molecule has 0 aliphatic carbocycles. The Morgan fingerprint density at radius 2 is 2.05 bits per heavy atom. The van der Waals surface area contributed by atoms with Crippen molar-refractivity contribution in [2.24, 2.45) is 5.73 Å². The zero-order valence-corrected chi connectivity index (χ0v) is 12.9. The van der Waals surface area contributed by atoms with Gasteiger partial charge in [-0.05, 0) is 51.1 Å². The maximum Gasteiger partial charge on any atom is 0.242 e. The monoisotopic (exact) mass is 325 g/mol. The lowest BCUT2D eigenvalue weighted by Gasteiger charge is -2.48. The highest BCUT2D eigenvalue weighted by Gasteiger charge is 2.40. The third-order valence-electron chi connectivity index (χ3n) is 3.51. The number of rotatable bonds is 3. The van der Waals surface area contributed by atoms with E-state index in [1.54, 1.807) is 0 Å². The van der Waals surface area contributed by atoms with Crippen LogP contribution in [0.25, 0.3) is 0 Å². The Kier molecular flexibility index (Phi) is 4.16. The summed E-state index contributed by atoms with van der Waals surface area (Å²) in [5.74, 6) is 0.0627. The van der Waals surface area contributed by atoms with Crippen molar-refractivity contribution in [2.75, 3.05) is 18.0 Å². The maximum atomic E-state index is 12.1. The zero-order chi connectivity index (χ0) is 14.0. The highest BCUT2D eigenvalue weighted by molar-refractivity contribution is 9.10. The van der Waals surface area contributed by atoms with Crippen LogP contribution in [0.5, 0.6) is 0 Å². The summed E-state index contributed by atoms with van der Waals surface area (Å²) in [4.78, 5) is 14.3. The third-order valence-corrected chi connectivity index (χ3v) is 4.04. The molecule has 4 nitrogen and oxygen atoms in total. The predicted octanol–water partition coefficient (Wildman–Crippen LogP) is 1.88. The average Bonchev–Trinajstić information content (AvgIpc) is 2.36. The van der Waals surface area contributed by atoms with E-state index < -0.39 is 0 Å². The van der Waals surface area contributed by atoms with E-state index in [4.69, 9.17) is 5.73 Å². The number of carbonyl (C=O) groups is 1. The molecule has 0 aromatic heterocycles. The molecule has 1 fully saturated rings. The van der Waals surface area contributed by atoms with Gasteiger partial charge in [0, 0.05) is 16.7 Å². The number of hydrogen-bond acceptors (Lipinski definition) is 3. The van der Waals surface area contributed by atoms with Gasteiger partial charge in [0.25, 0.3) is 0 Å². The Morgan fingerprint density at radius 1 is 1.42 bits per heavy atom. The van der Waals surface area contributed by atoms with Gasteiger partial charge in [0.2, 0.25) is 5.91 Å². The topological polar surface area (TPSA) is 58.4 Å². The summed E-state index contributed by atoms with van der Waals surface area (Å²) in [6.45, 7) is 5.42. The van der Waals surface area contributed by atoms with Crippen LogP contribution in [0.15, 0.2) is 28.7 Å². The summed E-state index contributed by atoms with van der Waals surface area (Å²) in [6.07, 6.45) is 0.658. The Morgan fingerprint density at radius 3 is 2.63 bits per heavy atom. The molecule has 1 aliphatic rings. The summed E-state index contributed by atoms with van der Waals surface area (Å²) < 4.78 is 1.03. The number of nitrogens with zero attached hydrogens (tertiary/aromatic N) is 1. The fraction of sp³-hybridized carbons (Fsp3) is 0.500. The summed E-state index contributed by atoms with van der Waals surface area (Å²) in [6, 6.07) is 7.87. The fourth-order valence-electron chi connectivity index (χ4n) is 2.59. The minimum absolute atomic E-state index is 0.0627. The molecule has 0 spiro atoms. The van der Waals surface area contributed by atoms with Crippen LogP contribution in [0.4, 0.5) is 5.69 Å². The molecule has 2 rings (SSSR count). The molecule has 104 valence electrons. The number of nitrogens with two attached hydrogens (primary N) is 1. The number of benzene rings is 1. The second-order valence-corrected chi connectivity index (χ2v) is 6.39. The third kappa shape index (κ3) is 2.92. The average molecular weight is 326 g/mol. The van der Waals surface area contributed by atoms with E-state index >= 15 is 0 Å². The fourth-order valence-corrected chi connectivity index (χ4v) is 2.86. The minimum atomic E-state index is -0.199. The number of piperazine rings is 1. The molecular formula is C14H20BrN3O. The van der Waals surface area contributed by atoms with Crippen molar-refractivity contribution < 1.29 is 4.79 Å². The van der Waals surface area contributed by atoms with Gasteiger partial charge in [-0.2, -0.15) is 0 Å². The van der Waals surface area contributed by atoms with Gasteiger partial charge in [0.1, 0.15) is 6.04 Å². The van der Waals surface area contributed by atoms with E-state index in [2.05, 4.69) is 40.0 Å². The van der Waals surface area contributed by atoms with Crippen LogP contribution in [-0.4, -0.2) is 30.6 Å². The molecule has 3 N–H and O–H groups in total. The Labute approximate surface area is 122 Å². The molecule has 1 unspecified atom stereocenters. The lowest BCUT2D eigenvalue weighted by atomic mass is 9.93. The molecule has 0 bridgehead atoms. The first-order chi connectivity index (χ1) is 8.95. The van der Waals surface area contributed by atoms with Crippen molar-refractivity contribution in [1.82, 2.24) is 5.32 Å². The van der Waals surface area contributed by atoms with E-state index in [-0.39, 0.29) is 17.5 Å². The number of carbonyl (C=O) groups excluding carboxylic acids is 1. The molecule has 1 aromatic carbocycles. The van der Waals surface area contributed by atoms with Gasteiger partial charge in [-0.15, -0.1) is 0 Å². The first kappa shape index (κ1) is 14.3. The molecule has 1 aromatic rings. The molecule has 1 aliphatic heterocycles. The number of halogens is 1. The summed E-state index contributed by atoms with van der Waals surface area (Å²) >= 11 is 3.44. The Hall–Kier alpha value is -1.07. The van der Waals surface area contributed by atoms with Gasteiger partial charge >= 0.3 is 0 Å². The van der Waals surface area contributed by atoms with E-state index in [1.807, 2.05) is 24.3 Å². The van der Waals surface area contributed by atoms with E-state index in [1.165, 1.54) is 0 Å². The molecule has 0 radical (unpaired) electrons. The molecule has 19 heavy (non-hydrogen) atoms. The lowest BCUT2D eigenvalue weighted by molar-refractivity contribution is -0.124. The summed E-state index contributed by atoms with van der Waals surface area (Å²) in [5.41, 5.74) is 6.59. The van der Waals surface area contributed by atoms with E-state index in [0.29, 0.717) is 19.5 Å². The molecule has 1 saturated heterocycles. The zero-order valence-electron chi connectivity index (χ0n) is 11.3. The van der Waals surface area contributed by atoms with Crippen LogP contribution in [0.2, 0.25) is 0 Å². The van der Waals surface area contributed by atoms with Crippen molar-refractivity contribution in [1.29, 1.82) is 0 Å². The van der Waals surface area contributed by atoms with Crippen molar-refractivity contribution in [2.45, 2.75) is 31.8 Å². The van der Waals surface area contributed by atoms with Gasteiger partial charge in [-0.25, -0.2) is 0 Å². The van der Waals surface area contributed by atoms with Crippen molar-refractivity contribution in [3.8, 4) is 0 Å². The van der Waals surface area contributed by atoms with Gasteiger partial charge in [0.15, 0.2) is 0 Å². The van der Waals surface area contributed by atoms with Crippen LogP contribution < -0.4 is 16.0 Å². The largest absolute Gasteiger partial charge is 0.353 e. The van der Waals surface area contributed by atoms with Crippen LogP contribution in [-0.2, 0) is 4.79 Å². The highest BCUT2D eigenvalue weighted by atomic mass is 79.9. The van der Waals surface area contributed by atoms with Gasteiger partial charge in [-0.3, -0.25) is 4.79 Å². The second kappa shape index (κ2) is 5.51. The van der Waals surface area contributed by atoms with Gasteiger partial charge < -0.3 is 16.0 Å². The van der Waals surface area contributed by atoms with E-state index in [0.717, 1.165) is 10.2 Å². The quantitative estimate of drug-likeness (QED) is 0.892. The molecule has 1 heterocycles. The highest BCUT2D eigenvalue weighted by Crippen LogP contribution is 2.31. The standard InChI is InChI=1S/C14H20BrN3O/c1-14(2)9-17-13(19)12(7-8-16)18(14)11-5-3-10(15)4-6-11/h3-6,12H,7-9,16H2,1-2H3,(H,17,19). The molecule has 1 amide bonds. The molecule has 0 saturated carbocycles. The lowest BCUT2D eigenvalue weighted by Crippen LogP contribution is -2.66. The maximum absolute atomic E-state index is 12.1. The normalized spacial score (nSPS) is 22.2. The smallest absolute Gasteiger partial charge is 0.242 e. The van der Waals surface area contributed by atoms with Gasteiger partial charge in [-0.1, -0.05) is 15.9 Å². The van der Waals surface area contributed by atoms with Crippen LogP contribution >= 0.6 is 15.9 Å². The van der Waals surface area contributed by atoms with Crippen LogP contribution in [0, 0.1) is 0 Å². The van der Waals surface area contributed by atoms with Crippen LogP contribution in [0.1, 0.15) is 20.3 Å². The number of nitrogens with one attached hydrogen (secondary N) is 1. The first-order valence-corrected chi connectivity index (χ1v) is 7.28. The molecular weight excluding hydrogens is 306 g/mol. The number of hydrogen-bond donors (Lipinski definition) is 2. The second-order valence-electron chi connectivity index (χ2n) is 5.47. The Bertz CT molecular complexity index is 458. The van der Waals surface area contributed by atoms with Crippen LogP contribution in [0.3, 0.4) is 0 Å². The van der Waals surface area contributed by atoms with Crippen molar-refractivity contribution in [3.63, 3.8) is 0 Å².